The summed E-state index contributed by atoms with van der Waals surface area (Å²) in [5, 5.41) is 87.5. The number of nitrogens with one attached hydrogen (secondary N) is 1. The normalized spacial score (nSPS) is 23.0. The number of hydrogen-bond acceptors (Lipinski definition) is 13. The van der Waals surface area contributed by atoms with Crippen LogP contribution in [0.4, 0.5) is 0 Å². The molecular formula is C81H141NO13. The Labute approximate surface area is 578 Å². The van der Waals surface area contributed by atoms with Gasteiger partial charge in [-0.1, -0.05) is 309 Å². The number of amides is 1. The lowest BCUT2D eigenvalue weighted by Crippen LogP contribution is -2.65. The van der Waals surface area contributed by atoms with Crippen molar-refractivity contribution in [3.05, 3.63) is 109 Å². The van der Waals surface area contributed by atoms with Gasteiger partial charge in [-0.15, -0.1) is 0 Å². The van der Waals surface area contributed by atoms with Crippen LogP contribution in [-0.4, -0.2) is 140 Å². The minimum absolute atomic E-state index is 0.251. The SMILES string of the molecule is CC/C=C\C/C=C\C/C=C\C/C=C\C/C=C\C/C=C\CCCCCCCCCCCCCCCCCCCCCCCCC(=O)NC(COC1OC(CO)C(OC2OC(CO)C(O)C(O)C2O)C(O)C1O)C(O)/C=C/CC/C=C/CC/C=C/CCCCCCCCCCCC. The van der Waals surface area contributed by atoms with Gasteiger partial charge in [-0.05, 0) is 96.3 Å². The maximum atomic E-state index is 13.4. The predicted molar refractivity (Wildman–Crippen MR) is 392 cm³/mol. The molecule has 2 saturated heterocycles. The first-order chi connectivity index (χ1) is 46.6. The van der Waals surface area contributed by atoms with Crippen molar-refractivity contribution in [2.45, 2.75) is 376 Å². The van der Waals surface area contributed by atoms with Crippen LogP contribution in [0.3, 0.4) is 0 Å². The second kappa shape index (κ2) is 64.1. The molecule has 12 atom stereocenters. The predicted octanol–water partition coefficient (Wildman–Crippen LogP) is 17.1. The second-order valence-electron chi connectivity index (χ2n) is 26.7. The molecule has 14 heteroatoms. The first kappa shape index (κ1) is 87.7. The van der Waals surface area contributed by atoms with Crippen LogP contribution in [0.25, 0.3) is 0 Å². The number of ether oxygens (including phenoxy) is 4. The van der Waals surface area contributed by atoms with E-state index in [9.17, 15) is 45.6 Å². The van der Waals surface area contributed by atoms with E-state index in [-0.39, 0.29) is 18.9 Å². The Kier molecular flexibility index (Phi) is 59.2. The van der Waals surface area contributed by atoms with E-state index < -0.39 is 86.8 Å². The van der Waals surface area contributed by atoms with Crippen molar-refractivity contribution in [2.75, 3.05) is 19.8 Å². The van der Waals surface area contributed by atoms with Crippen molar-refractivity contribution in [2.24, 2.45) is 0 Å². The summed E-state index contributed by atoms with van der Waals surface area (Å²) in [4.78, 5) is 13.4. The zero-order valence-electron chi connectivity index (χ0n) is 59.9. The Morgan fingerprint density at radius 3 is 1.16 bits per heavy atom. The second-order valence-corrected chi connectivity index (χ2v) is 26.7. The summed E-state index contributed by atoms with van der Waals surface area (Å²) in [5.41, 5.74) is 0. The highest BCUT2D eigenvalue weighted by Crippen LogP contribution is 2.30. The Hall–Kier alpha value is -3.35. The molecule has 12 unspecified atom stereocenters. The Morgan fingerprint density at radius 1 is 0.389 bits per heavy atom. The number of carbonyl (C=O) groups is 1. The number of rotatable bonds is 63. The lowest BCUT2D eigenvalue weighted by molar-refractivity contribution is -0.359. The first-order valence-electron chi connectivity index (χ1n) is 38.6. The van der Waals surface area contributed by atoms with Gasteiger partial charge in [0.25, 0.3) is 0 Å². The van der Waals surface area contributed by atoms with Crippen molar-refractivity contribution in [1.29, 1.82) is 0 Å². The third kappa shape index (κ3) is 47.4. The molecule has 9 N–H and O–H groups in total. The van der Waals surface area contributed by atoms with Crippen molar-refractivity contribution < 1.29 is 64.6 Å². The zero-order chi connectivity index (χ0) is 68.7. The zero-order valence-corrected chi connectivity index (χ0v) is 59.9. The monoisotopic (exact) mass is 1340 g/mol. The van der Waals surface area contributed by atoms with Crippen LogP contribution >= 0.6 is 0 Å². The topological polar surface area (TPSA) is 228 Å². The molecule has 14 nitrogen and oxygen atoms in total. The maximum absolute atomic E-state index is 13.4. The molecule has 0 radical (unpaired) electrons. The van der Waals surface area contributed by atoms with Gasteiger partial charge < -0.3 is 65.1 Å². The lowest BCUT2D eigenvalue weighted by atomic mass is 9.97. The van der Waals surface area contributed by atoms with E-state index in [0.717, 1.165) is 83.5 Å². The number of carbonyl (C=O) groups excluding carboxylic acids is 1. The average molecular weight is 1340 g/mol. The minimum atomic E-state index is -1.80. The number of hydrogen-bond donors (Lipinski definition) is 9. The Bertz CT molecular complexity index is 2010. The molecule has 0 bridgehead atoms. The summed E-state index contributed by atoms with van der Waals surface area (Å²) in [6, 6.07) is -0.942. The van der Waals surface area contributed by atoms with Gasteiger partial charge in [0.05, 0.1) is 32.0 Å². The van der Waals surface area contributed by atoms with Crippen LogP contribution in [0.1, 0.15) is 303 Å². The smallest absolute Gasteiger partial charge is 0.220 e. The minimum Gasteiger partial charge on any atom is -0.394 e. The molecule has 0 aromatic carbocycles. The molecule has 95 heavy (non-hydrogen) atoms. The molecule has 0 aromatic heterocycles. The summed E-state index contributed by atoms with van der Waals surface area (Å²) in [5.74, 6) is -0.251. The van der Waals surface area contributed by atoms with Crippen molar-refractivity contribution in [3.8, 4) is 0 Å². The number of allylic oxidation sites excluding steroid dienone is 17. The summed E-state index contributed by atoms with van der Waals surface area (Å²) in [7, 11) is 0. The van der Waals surface area contributed by atoms with Crippen LogP contribution in [0.5, 0.6) is 0 Å². The molecule has 2 fully saturated rings. The van der Waals surface area contributed by atoms with Crippen LogP contribution in [0, 0.1) is 0 Å². The van der Waals surface area contributed by atoms with Gasteiger partial charge in [-0.3, -0.25) is 4.79 Å². The fraction of sp³-hybridized carbons (Fsp3) is 0.765. The van der Waals surface area contributed by atoms with E-state index in [4.69, 9.17) is 18.9 Å². The maximum Gasteiger partial charge on any atom is 0.220 e. The lowest BCUT2D eigenvalue weighted by Gasteiger charge is -2.46. The van der Waals surface area contributed by atoms with E-state index in [1.807, 2.05) is 6.08 Å². The van der Waals surface area contributed by atoms with Crippen LogP contribution in [0.15, 0.2) is 109 Å². The van der Waals surface area contributed by atoms with Gasteiger partial charge in [0.15, 0.2) is 12.6 Å². The molecule has 0 aromatic rings. The molecule has 2 heterocycles. The van der Waals surface area contributed by atoms with E-state index in [1.165, 1.54) is 186 Å². The molecule has 2 aliphatic heterocycles. The third-order valence-electron chi connectivity index (χ3n) is 18.2. The van der Waals surface area contributed by atoms with E-state index >= 15 is 0 Å². The van der Waals surface area contributed by atoms with Gasteiger partial charge in [0.1, 0.15) is 48.8 Å². The summed E-state index contributed by atoms with van der Waals surface area (Å²) in [6.07, 6.45) is 76.0. The van der Waals surface area contributed by atoms with E-state index in [1.54, 1.807) is 6.08 Å². The third-order valence-corrected chi connectivity index (χ3v) is 18.2. The van der Waals surface area contributed by atoms with Crippen molar-refractivity contribution in [3.63, 3.8) is 0 Å². The molecule has 0 spiro atoms. The fourth-order valence-corrected chi connectivity index (χ4v) is 12.1. The summed E-state index contributed by atoms with van der Waals surface area (Å²) in [6.45, 7) is 2.68. The van der Waals surface area contributed by atoms with Crippen LogP contribution in [0.2, 0.25) is 0 Å². The van der Waals surface area contributed by atoms with Crippen molar-refractivity contribution >= 4 is 5.91 Å². The quantitative estimate of drug-likeness (QED) is 0.0204. The number of aliphatic hydroxyl groups excluding tert-OH is 8. The standard InChI is InChI=1S/C81H141NO13/c1-3-5-7-9-11-13-15-17-19-21-23-25-26-27-28-29-30-31-32-33-34-35-36-37-38-39-40-41-42-43-44-45-47-49-51-53-55-57-59-61-63-65-73(86)82-69(70(85)64-62-60-58-56-54-52-50-48-46-24-22-20-18-16-14-12-10-8-6-4-2)68-92-80-78(91)76(89)79(72(67-84)94-80)95-81-77(90)75(88)74(87)71(66-83)93-81/h5,7,11,13,17,19,23,25,27-28,30-31,46,48,54,56,62,64,69-72,74-81,83-85,87-91H,3-4,6,8-10,12,14-16,18,20-22,24,26,29,32-45,47,49-53,55,57-61,63,65-68H2,1-2H3,(H,82,86)/b7-5-,13-11-,19-17-,25-23-,28-27-,31-30-,48-46+,56-54+,64-62+. The van der Waals surface area contributed by atoms with Gasteiger partial charge in [-0.2, -0.15) is 0 Å². The molecule has 1 amide bonds. The van der Waals surface area contributed by atoms with Gasteiger partial charge >= 0.3 is 0 Å². The molecule has 2 rings (SSSR count). The van der Waals surface area contributed by atoms with Gasteiger partial charge in [-0.25, -0.2) is 0 Å². The Morgan fingerprint density at radius 2 is 0.737 bits per heavy atom. The molecule has 2 aliphatic rings. The molecule has 548 valence electrons. The van der Waals surface area contributed by atoms with Gasteiger partial charge in [0.2, 0.25) is 5.91 Å². The van der Waals surface area contributed by atoms with Crippen LogP contribution < -0.4 is 5.32 Å². The van der Waals surface area contributed by atoms with E-state index in [0.29, 0.717) is 12.8 Å². The molecule has 0 aliphatic carbocycles. The highest BCUT2D eigenvalue weighted by Gasteiger charge is 2.51. The fourth-order valence-electron chi connectivity index (χ4n) is 12.1. The number of aliphatic hydroxyl groups is 8. The Balaban J connectivity index is 1.59. The largest absolute Gasteiger partial charge is 0.394 e. The van der Waals surface area contributed by atoms with E-state index in [2.05, 4.69) is 116 Å². The highest BCUT2D eigenvalue weighted by molar-refractivity contribution is 5.76. The van der Waals surface area contributed by atoms with Crippen molar-refractivity contribution in [1.82, 2.24) is 5.32 Å². The highest BCUT2D eigenvalue weighted by atomic mass is 16.7. The molecular weight excluding hydrogens is 1190 g/mol. The molecule has 0 saturated carbocycles. The first-order valence-corrected chi connectivity index (χ1v) is 38.6. The summed E-state index contributed by atoms with van der Waals surface area (Å²) >= 11 is 0. The van der Waals surface area contributed by atoms with Crippen LogP contribution in [-0.2, 0) is 23.7 Å². The number of unbranched alkanes of at least 4 members (excludes halogenated alkanes) is 34. The summed E-state index contributed by atoms with van der Waals surface area (Å²) < 4.78 is 22.9. The average Bonchev–Trinajstić information content (AvgIpc) is 0.897. The van der Waals surface area contributed by atoms with Gasteiger partial charge in [0, 0.05) is 6.42 Å².